The number of aromatic nitrogens is 2. The second kappa shape index (κ2) is 3.36. The van der Waals surface area contributed by atoms with E-state index in [1.165, 1.54) is 12.8 Å². The molecule has 1 saturated carbocycles. The van der Waals surface area contributed by atoms with Crippen LogP contribution >= 0.6 is 0 Å². The van der Waals surface area contributed by atoms with Crippen LogP contribution in [0.3, 0.4) is 0 Å². The lowest BCUT2D eigenvalue weighted by Gasteiger charge is -2.23. The first-order chi connectivity index (χ1) is 6.25. The van der Waals surface area contributed by atoms with Crippen molar-refractivity contribution in [1.29, 1.82) is 0 Å². The molecule has 4 heteroatoms. The Morgan fingerprint density at radius 1 is 1.38 bits per heavy atom. The number of rotatable bonds is 1. The number of hydrogen-bond donors (Lipinski definition) is 1. The molecular weight excluding hydrogens is 166 g/mol. The van der Waals surface area contributed by atoms with Crippen LogP contribution in [0, 0.1) is 5.92 Å². The summed E-state index contributed by atoms with van der Waals surface area (Å²) in [4.78, 5) is 0. The zero-order valence-corrected chi connectivity index (χ0v) is 7.86. The van der Waals surface area contributed by atoms with E-state index in [-0.39, 0.29) is 6.01 Å². The average molecular weight is 181 g/mol. The van der Waals surface area contributed by atoms with Gasteiger partial charge in [0.15, 0.2) is 0 Å². The maximum atomic E-state index is 5.38. The molecule has 1 aromatic rings. The minimum Gasteiger partial charge on any atom is -0.408 e. The van der Waals surface area contributed by atoms with Crippen molar-refractivity contribution in [2.75, 3.05) is 5.73 Å². The van der Waals surface area contributed by atoms with Crippen molar-refractivity contribution >= 4 is 6.01 Å². The number of nitrogens with two attached hydrogens (primary N) is 1. The Balaban J connectivity index is 2.08. The lowest BCUT2D eigenvalue weighted by atomic mass is 9.82. The van der Waals surface area contributed by atoms with E-state index in [0.29, 0.717) is 5.92 Å². The Bertz CT molecular complexity index is 284. The van der Waals surface area contributed by atoms with Gasteiger partial charge in [-0.15, -0.1) is 5.10 Å². The van der Waals surface area contributed by atoms with Crippen molar-refractivity contribution in [3.8, 4) is 0 Å². The maximum absolute atomic E-state index is 5.38. The first-order valence-corrected chi connectivity index (χ1v) is 4.84. The molecule has 2 N–H and O–H groups in total. The van der Waals surface area contributed by atoms with E-state index in [9.17, 15) is 0 Å². The molecular formula is C9H15N3O. The molecule has 4 nitrogen and oxygen atoms in total. The zero-order valence-electron chi connectivity index (χ0n) is 7.86. The van der Waals surface area contributed by atoms with Crippen molar-refractivity contribution in [2.45, 2.75) is 38.5 Å². The van der Waals surface area contributed by atoms with E-state index in [2.05, 4.69) is 17.1 Å². The van der Waals surface area contributed by atoms with Gasteiger partial charge in [0.05, 0.1) is 0 Å². The average Bonchev–Trinajstić information content (AvgIpc) is 2.52. The summed E-state index contributed by atoms with van der Waals surface area (Å²) < 4.78 is 5.23. The fourth-order valence-corrected chi connectivity index (χ4v) is 2.07. The predicted molar refractivity (Wildman–Crippen MR) is 49.1 cm³/mol. The highest BCUT2D eigenvalue weighted by Crippen LogP contribution is 2.35. The first-order valence-electron chi connectivity index (χ1n) is 4.84. The fourth-order valence-electron chi connectivity index (χ4n) is 2.07. The largest absolute Gasteiger partial charge is 0.408 e. The fraction of sp³-hybridized carbons (Fsp3) is 0.778. The van der Waals surface area contributed by atoms with Gasteiger partial charge in [-0.25, -0.2) is 0 Å². The van der Waals surface area contributed by atoms with Gasteiger partial charge in [0.1, 0.15) is 0 Å². The van der Waals surface area contributed by atoms with E-state index in [1.54, 1.807) is 0 Å². The molecule has 2 atom stereocenters. The zero-order chi connectivity index (χ0) is 9.26. The third kappa shape index (κ3) is 1.82. The quantitative estimate of drug-likeness (QED) is 0.719. The van der Waals surface area contributed by atoms with Gasteiger partial charge in [0.25, 0.3) is 0 Å². The normalized spacial score (nSPS) is 29.0. The number of anilines is 1. The molecule has 0 amide bonds. The molecule has 0 saturated heterocycles. The van der Waals surface area contributed by atoms with Crippen molar-refractivity contribution in [3.63, 3.8) is 0 Å². The second-order valence-electron chi connectivity index (χ2n) is 3.95. The molecule has 0 spiro atoms. The molecule has 0 aliphatic heterocycles. The Morgan fingerprint density at radius 3 is 2.85 bits per heavy atom. The van der Waals surface area contributed by atoms with Crippen LogP contribution in [0.2, 0.25) is 0 Å². The summed E-state index contributed by atoms with van der Waals surface area (Å²) in [5, 5.41) is 7.61. The summed E-state index contributed by atoms with van der Waals surface area (Å²) in [5.74, 6) is 1.93. The molecule has 0 aromatic carbocycles. The summed E-state index contributed by atoms with van der Waals surface area (Å²) in [6.45, 7) is 2.27. The minimum atomic E-state index is 0.188. The Hall–Kier alpha value is -1.06. The molecule has 0 bridgehead atoms. The highest BCUT2D eigenvalue weighted by molar-refractivity contribution is 5.07. The summed E-state index contributed by atoms with van der Waals surface area (Å²) in [6.07, 6.45) is 4.89. The number of nitrogen functional groups attached to an aromatic ring is 1. The van der Waals surface area contributed by atoms with Crippen molar-refractivity contribution in [1.82, 2.24) is 10.2 Å². The van der Waals surface area contributed by atoms with Crippen LogP contribution in [0.1, 0.15) is 44.4 Å². The van der Waals surface area contributed by atoms with E-state index < -0.39 is 0 Å². The summed E-state index contributed by atoms with van der Waals surface area (Å²) in [5.41, 5.74) is 5.38. The molecule has 0 unspecified atom stereocenters. The minimum absolute atomic E-state index is 0.188. The summed E-state index contributed by atoms with van der Waals surface area (Å²) in [6, 6.07) is 0.188. The molecule has 1 aliphatic rings. The summed E-state index contributed by atoms with van der Waals surface area (Å²) in [7, 11) is 0. The summed E-state index contributed by atoms with van der Waals surface area (Å²) >= 11 is 0. The third-order valence-corrected chi connectivity index (χ3v) is 2.74. The third-order valence-electron chi connectivity index (χ3n) is 2.74. The lowest BCUT2D eigenvalue weighted by molar-refractivity contribution is 0.304. The van der Waals surface area contributed by atoms with Gasteiger partial charge < -0.3 is 10.2 Å². The van der Waals surface area contributed by atoms with Gasteiger partial charge in [0.2, 0.25) is 5.89 Å². The molecule has 13 heavy (non-hydrogen) atoms. The number of hydrogen-bond acceptors (Lipinski definition) is 4. The molecule has 1 aliphatic carbocycles. The van der Waals surface area contributed by atoms with Crippen LogP contribution in [0.5, 0.6) is 0 Å². The monoisotopic (exact) mass is 181 g/mol. The van der Waals surface area contributed by atoms with Gasteiger partial charge in [0, 0.05) is 5.92 Å². The molecule has 72 valence electrons. The van der Waals surface area contributed by atoms with Crippen molar-refractivity contribution < 1.29 is 4.42 Å². The Morgan fingerprint density at radius 2 is 2.23 bits per heavy atom. The van der Waals surface area contributed by atoms with E-state index in [1.807, 2.05) is 0 Å². The lowest BCUT2D eigenvalue weighted by Crippen LogP contribution is -2.11. The number of nitrogens with zero attached hydrogens (tertiary/aromatic N) is 2. The first kappa shape index (κ1) is 8.53. The maximum Gasteiger partial charge on any atom is 0.312 e. The molecule has 1 heterocycles. The second-order valence-corrected chi connectivity index (χ2v) is 3.95. The highest BCUT2D eigenvalue weighted by atomic mass is 16.4. The molecule has 1 aromatic heterocycles. The van der Waals surface area contributed by atoms with E-state index in [0.717, 1.165) is 24.7 Å². The Labute approximate surface area is 77.5 Å². The van der Waals surface area contributed by atoms with Crippen LogP contribution in [0.15, 0.2) is 4.42 Å². The highest BCUT2D eigenvalue weighted by Gasteiger charge is 2.24. The van der Waals surface area contributed by atoms with Crippen molar-refractivity contribution in [3.05, 3.63) is 5.89 Å². The van der Waals surface area contributed by atoms with E-state index >= 15 is 0 Å². The topological polar surface area (TPSA) is 64.9 Å². The standard InChI is InChI=1S/C9H15N3O/c1-6-3-2-4-7(5-6)8-11-12-9(10)13-8/h6-7H,2-5H2,1H3,(H2,10,12)/t6-,7-/m0/s1. The van der Waals surface area contributed by atoms with Gasteiger partial charge in [-0.1, -0.05) is 24.9 Å². The van der Waals surface area contributed by atoms with Crippen LogP contribution in [0.25, 0.3) is 0 Å². The van der Waals surface area contributed by atoms with Gasteiger partial charge >= 0.3 is 6.01 Å². The van der Waals surface area contributed by atoms with Crippen LogP contribution in [0.4, 0.5) is 6.01 Å². The van der Waals surface area contributed by atoms with Crippen LogP contribution in [-0.2, 0) is 0 Å². The SMILES string of the molecule is C[C@H]1CCC[C@H](c2nnc(N)o2)C1. The molecule has 1 fully saturated rings. The van der Waals surface area contributed by atoms with Gasteiger partial charge in [-0.3, -0.25) is 0 Å². The van der Waals surface area contributed by atoms with E-state index in [4.69, 9.17) is 10.2 Å². The smallest absolute Gasteiger partial charge is 0.312 e. The molecule has 0 radical (unpaired) electrons. The van der Waals surface area contributed by atoms with Gasteiger partial charge in [-0.05, 0) is 18.8 Å². The van der Waals surface area contributed by atoms with Gasteiger partial charge in [-0.2, -0.15) is 0 Å². The van der Waals surface area contributed by atoms with Crippen LogP contribution in [-0.4, -0.2) is 10.2 Å². The van der Waals surface area contributed by atoms with Crippen LogP contribution < -0.4 is 5.73 Å². The molecule has 2 rings (SSSR count). The Kier molecular flexibility index (Phi) is 2.20. The van der Waals surface area contributed by atoms with Crippen molar-refractivity contribution in [2.24, 2.45) is 5.92 Å². The predicted octanol–water partition coefficient (Wildman–Crippen LogP) is 1.95.